The number of primary amides is 1. The van der Waals surface area contributed by atoms with E-state index in [-0.39, 0.29) is 11.7 Å². The van der Waals surface area contributed by atoms with Gasteiger partial charge in [0.15, 0.2) is 5.16 Å². The van der Waals surface area contributed by atoms with Crippen molar-refractivity contribution in [2.75, 3.05) is 12.4 Å². The number of rotatable bonds is 7. The Labute approximate surface area is 161 Å². The summed E-state index contributed by atoms with van der Waals surface area (Å²) in [6.07, 6.45) is 0. The van der Waals surface area contributed by atoms with Gasteiger partial charge in [-0.25, -0.2) is 4.98 Å². The molecule has 0 atom stereocenters. The fourth-order valence-corrected chi connectivity index (χ4v) is 3.86. The number of imidazole rings is 1. The lowest BCUT2D eigenvalue weighted by atomic mass is 10.1. The van der Waals surface area contributed by atoms with Crippen LogP contribution in [0.3, 0.4) is 0 Å². The number of fused-ring (bicyclic) bond motifs is 2. The molecule has 1 amide bonds. The normalized spacial score (nSPS) is 11.1. The van der Waals surface area contributed by atoms with Gasteiger partial charge in [-0.05, 0) is 23.6 Å². The van der Waals surface area contributed by atoms with Crippen LogP contribution in [0.5, 0.6) is 5.75 Å². The Hall–Kier alpha value is -2.99. The van der Waals surface area contributed by atoms with E-state index in [1.165, 1.54) is 11.8 Å². The highest BCUT2D eigenvalue weighted by molar-refractivity contribution is 7.99. The number of nitrogens with zero attached hydrogens (tertiary/aromatic N) is 2. The smallest absolute Gasteiger partial charge is 0.227 e. The third-order valence-electron chi connectivity index (χ3n) is 4.29. The number of amides is 1. The molecule has 1 heterocycles. The van der Waals surface area contributed by atoms with Crippen molar-refractivity contribution in [3.8, 4) is 5.75 Å². The van der Waals surface area contributed by atoms with Crippen molar-refractivity contribution in [1.82, 2.24) is 9.55 Å². The molecule has 3 aromatic carbocycles. The molecule has 0 aliphatic carbocycles. The molecule has 0 unspecified atom stereocenters. The summed E-state index contributed by atoms with van der Waals surface area (Å²) >= 11 is 1.35. The predicted octanol–water partition coefficient (Wildman–Crippen LogP) is 3.85. The largest absolute Gasteiger partial charge is 0.491 e. The molecular weight excluding hydrogens is 358 g/mol. The molecule has 0 bridgehead atoms. The van der Waals surface area contributed by atoms with Gasteiger partial charge >= 0.3 is 0 Å². The number of hydrogen-bond donors (Lipinski definition) is 1. The van der Waals surface area contributed by atoms with Crippen LogP contribution in [0.15, 0.2) is 71.9 Å². The Morgan fingerprint density at radius 1 is 1.04 bits per heavy atom. The summed E-state index contributed by atoms with van der Waals surface area (Å²) in [6, 6.07) is 22.1. The number of para-hydroxylation sites is 2. The first kappa shape index (κ1) is 17.4. The van der Waals surface area contributed by atoms with Crippen molar-refractivity contribution in [3.05, 3.63) is 66.7 Å². The highest BCUT2D eigenvalue weighted by Gasteiger charge is 2.12. The Kier molecular flexibility index (Phi) is 4.98. The van der Waals surface area contributed by atoms with Crippen LogP contribution in [0, 0.1) is 0 Å². The van der Waals surface area contributed by atoms with Crippen molar-refractivity contribution in [2.24, 2.45) is 5.73 Å². The minimum Gasteiger partial charge on any atom is -0.491 e. The molecule has 0 spiro atoms. The van der Waals surface area contributed by atoms with E-state index in [9.17, 15) is 4.79 Å². The molecular formula is C21H19N3O2S. The second kappa shape index (κ2) is 7.72. The number of thioether (sulfide) groups is 1. The zero-order chi connectivity index (χ0) is 18.6. The van der Waals surface area contributed by atoms with E-state index in [1.54, 1.807) is 0 Å². The Balaban J connectivity index is 1.56. The first-order valence-electron chi connectivity index (χ1n) is 8.69. The van der Waals surface area contributed by atoms with Gasteiger partial charge in [0.25, 0.3) is 0 Å². The van der Waals surface area contributed by atoms with Gasteiger partial charge in [-0.1, -0.05) is 60.3 Å². The lowest BCUT2D eigenvalue weighted by Crippen LogP contribution is -2.14. The average Bonchev–Trinajstić information content (AvgIpc) is 3.04. The maximum atomic E-state index is 11.2. The molecule has 0 aliphatic heterocycles. The molecule has 136 valence electrons. The van der Waals surface area contributed by atoms with Gasteiger partial charge in [-0.3, -0.25) is 4.79 Å². The van der Waals surface area contributed by atoms with E-state index in [2.05, 4.69) is 27.8 Å². The monoisotopic (exact) mass is 377 g/mol. The van der Waals surface area contributed by atoms with Crippen LogP contribution in [-0.2, 0) is 11.3 Å². The maximum Gasteiger partial charge on any atom is 0.227 e. The summed E-state index contributed by atoms with van der Waals surface area (Å²) in [6.45, 7) is 1.13. The molecule has 2 N–H and O–H groups in total. The number of hydrogen-bond acceptors (Lipinski definition) is 4. The van der Waals surface area contributed by atoms with E-state index in [0.29, 0.717) is 13.2 Å². The van der Waals surface area contributed by atoms with E-state index in [0.717, 1.165) is 32.7 Å². The van der Waals surface area contributed by atoms with Gasteiger partial charge < -0.3 is 15.0 Å². The van der Waals surface area contributed by atoms with E-state index in [1.807, 2.05) is 48.5 Å². The summed E-state index contributed by atoms with van der Waals surface area (Å²) in [5.74, 6) is 0.711. The van der Waals surface area contributed by atoms with Gasteiger partial charge in [-0.15, -0.1) is 0 Å². The van der Waals surface area contributed by atoms with Crippen LogP contribution in [0.1, 0.15) is 0 Å². The van der Waals surface area contributed by atoms with Crippen molar-refractivity contribution in [1.29, 1.82) is 0 Å². The molecule has 1 aromatic heterocycles. The van der Waals surface area contributed by atoms with Crippen molar-refractivity contribution >= 4 is 39.5 Å². The number of benzene rings is 3. The molecule has 0 radical (unpaired) electrons. The van der Waals surface area contributed by atoms with E-state index < -0.39 is 0 Å². The number of aromatic nitrogens is 2. The number of carbonyl (C=O) groups is 1. The number of carbonyl (C=O) groups excluding carboxylic acids is 1. The van der Waals surface area contributed by atoms with Gasteiger partial charge in [-0.2, -0.15) is 0 Å². The van der Waals surface area contributed by atoms with Crippen LogP contribution in [0.2, 0.25) is 0 Å². The molecule has 6 heteroatoms. The molecule has 0 aliphatic rings. The van der Waals surface area contributed by atoms with Crippen LogP contribution in [0.25, 0.3) is 21.8 Å². The summed E-state index contributed by atoms with van der Waals surface area (Å²) in [5, 5.41) is 3.02. The molecule has 0 saturated heterocycles. The van der Waals surface area contributed by atoms with Crippen molar-refractivity contribution in [2.45, 2.75) is 11.7 Å². The zero-order valence-electron chi connectivity index (χ0n) is 14.7. The maximum absolute atomic E-state index is 11.2. The lowest BCUT2D eigenvalue weighted by Gasteiger charge is -2.12. The predicted molar refractivity (Wildman–Crippen MR) is 109 cm³/mol. The summed E-state index contributed by atoms with van der Waals surface area (Å²) in [4.78, 5) is 15.8. The first-order chi connectivity index (χ1) is 13.2. The Morgan fingerprint density at radius 3 is 2.70 bits per heavy atom. The van der Waals surface area contributed by atoms with Gasteiger partial charge in [0.2, 0.25) is 5.91 Å². The molecule has 5 nitrogen and oxygen atoms in total. The highest BCUT2D eigenvalue weighted by atomic mass is 32.2. The molecule has 0 saturated carbocycles. The molecule has 4 aromatic rings. The second-order valence-electron chi connectivity index (χ2n) is 6.12. The average molecular weight is 377 g/mol. The summed E-state index contributed by atoms with van der Waals surface area (Å²) < 4.78 is 8.15. The first-order valence-corrected chi connectivity index (χ1v) is 9.68. The fraction of sp³-hybridized carbons (Fsp3) is 0.143. The zero-order valence-corrected chi connectivity index (χ0v) is 15.5. The van der Waals surface area contributed by atoms with Crippen LogP contribution in [0.4, 0.5) is 0 Å². The van der Waals surface area contributed by atoms with E-state index in [4.69, 9.17) is 10.5 Å². The van der Waals surface area contributed by atoms with Gasteiger partial charge in [0, 0.05) is 5.39 Å². The van der Waals surface area contributed by atoms with Crippen LogP contribution >= 0.6 is 11.8 Å². The number of ether oxygens (including phenoxy) is 1. The van der Waals surface area contributed by atoms with Gasteiger partial charge in [0.05, 0.1) is 23.3 Å². The third kappa shape index (κ3) is 3.75. The van der Waals surface area contributed by atoms with Crippen molar-refractivity contribution in [3.63, 3.8) is 0 Å². The van der Waals surface area contributed by atoms with Gasteiger partial charge in [0.1, 0.15) is 12.4 Å². The highest BCUT2D eigenvalue weighted by Crippen LogP contribution is 2.26. The number of nitrogens with two attached hydrogens (primary N) is 1. The van der Waals surface area contributed by atoms with Crippen LogP contribution < -0.4 is 10.5 Å². The molecule has 4 rings (SSSR count). The quantitative estimate of drug-likeness (QED) is 0.497. The third-order valence-corrected chi connectivity index (χ3v) is 5.28. The minimum atomic E-state index is -0.356. The lowest BCUT2D eigenvalue weighted by molar-refractivity contribution is -0.115. The second-order valence-corrected chi connectivity index (χ2v) is 7.06. The minimum absolute atomic E-state index is 0.202. The summed E-state index contributed by atoms with van der Waals surface area (Å²) in [5.41, 5.74) is 7.21. The fourth-order valence-electron chi connectivity index (χ4n) is 3.08. The SMILES string of the molecule is NC(=O)CSc1nc2ccccc2n1CCOc1cccc2ccccc12. The Bertz CT molecular complexity index is 1100. The molecule has 27 heavy (non-hydrogen) atoms. The molecule has 0 fully saturated rings. The summed E-state index contributed by atoms with van der Waals surface area (Å²) in [7, 11) is 0. The standard InChI is InChI=1S/C21H19N3O2S/c22-20(25)14-27-21-23-17-9-3-4-10-18(17)24(21)12-13-26-19-11-5-7-15-6-1-2-8-16(15)19/h1-11H,12-14H2,(H2,22,25). The topological polar surface area (TPSA) is 70.1 Å². The Morgan fingerprint density at radius 2 is 1.81 bits per heavy atom. The van der Waals surface area contributed by atoms with E-state index >= 15 is 0 Å². The van der Waals surface area contributed by atoms with Crippen LogP contribution in [-0.4, -0.2) is 27.8 Å². The van der Waals surface area contributed by atoms with Crippen molar-refractivity contribution < 1.29 is 9.53 Å².